The fourth-order valence-electron chi connectivity index (χ4n) is 4.62. The second-order valence-electron chi connectivity index (χ2n) is 6.95. The van der Waals surface area contributed by atoms with Gasteiger partial charge in [-0.05, 0) is 55.3 Å². The SMILES string of the molecule is CC(C)C12C[C@H](C)CC(O)(C[C@H](C)C1)C2. The summed E-state index contributed by atoms with van der Waals surface area (Å²) in [6.45, 7) is 9.32. The number of fused-ring (bicyclic) bond motifs is 2. The third-order valence-electron chi connectivity index (χ3n) is 4.87. The van der Waals surface area contributed by atoms with E-state index in [-0.39, 0.29) is 5.60 Å². The standard InChI is InChI=1S/C14H26O/c1-10(2)13-5-11(3)7-14(15,9-13)8-12(4)6-13/h10-12,15H,5-9H2,1-4H3/t11-,12+,13?,14?. The van der Waals surface area contributed by atoms with E-state index in [0.717, 1.165) is 25.2 Å². The van der Waals surface area contributed by atoms with Gasteiger partial charge >= 0.3 is 0 Å². The molecule has 0 aromatic rings. The van der Waals surface area contributed by atoms with Gasteiger partial charge in [0.15, 0.2) is 0 Å². The Morgan fingerprint density at radius 3 is 1.87 bits per heavy atom. The maximum atomic E-state index is 10.7. The van der Waals surface area contributed by atoms with E-state index in [1.54, 1.807) is 0 Å². The molecule has 2 aliphatic rings. The fourth-order valence-corrected chi connectivity index (χ4v) is 4.62. The topological polar surface area (TPSA) is 20.2 Å². The van der Waals surface area contributed by atoms with Crippen molar-refractivity contribution in [3.05, 3.63) is 0 Å². The van der Waals surface area contributed by atoms with Gasteiger partial charge in [-0.25, -0.2) is 0 Å². The fraction of sp³-hybridized carbons (Fsp3) is 1.00. The molecular weight excluding hydrogens is 184 g/mol. The summed E-state index contributed by atoms with van der Waals surface area (Å²) in [4.78, 5) is 0. The van der Waals surface area contributed by atoms with Crippen molar-refractivity contribution in [2.75, 3.05) is 0 Å². The van der Waals surface area contributed by atoms with E-state index in [0.29, 0.717) is 17.3 Å². The van der Waals surface area contributed by atoms with Gasteiger partial charge in [0.05, 0.1) is 5.60 Å². The Morgan fingerprint density at radius 2 is 1.47 bits per heavy atom. The van der Waals surface area contributed by atoms with E-state index in [1.807, 2.05) is 0 Å². The molecule has 0 heterocycles. The molecule has 2 bridgehead atoms. The van der Waals surface area contributed by atoms with Crippen molar-refractivity contribution in [3.63, 3.8) is 0 Å². The molecule has 0 aromatic heterocycles. The van der Waals surface area contributed by atoms with Crippen molar-refractivity contribution >= 4 is 0 Å². The average Bonchev–Trinajstić information content (AvgIpc) is 1.97. The lowest BCUT2D eigenvalue weighted by atomic mass is 9.51. The molecule has 2 aliphatic carbocycles. The smallest absolute Gasteiger partial charge is 0.0658 e. The van der Waals surface area contributed by atoms with Gasteiger partial charge in [0.25, 0.3) is 0 Å². The zero-order chi connectivity index (χ0) is 11.3. The molecule has 0 amide bonds. The molecule has 2 rings (SSSR count). The van der Waals surface area contributed by atoms with Crippen molar-refractivity contribution in [3.8, 4) is 0 Å². The van der Waals surface area contributed by atoms with Gasteiger partial charge in [-0.2, -0.15) is 0 Å². The molecule has 2 unspecified atom stereocenters. The molecule has 1 nitrogen and oxygen atoms in total. The third-order valence-corrected chi connectivity index (χ3v) is 4.87. The molecule has 2 saturated carbocycles. The maximum Gasteiger partial charge on any atom is 0.0658 e. The molecule has 4 atom stereocenters. The van der Waals surface area contributed by atoms with Crippen molar-refractivity contribution in [1.82, 2.24) is 0 Å². The van der Waals surface area contributed by atoms with Crippen LogP contribution < -0.4 is 0 Å². The predicted octanol–water partition coefficient (Wildman–Crippen LogP) is 3.61. The first kappa shape index (κ1) is 11.4. The number of rotatable bonds is 1. The summed E-state index contributed by atoms with van der Waals surface area (Å²) in [5, 5.41) is 10.7. The van der Waals surface area contributed by atoms with Gasteiger partial charge in [0.1, 0.15) is 0 Å². The van der Waals surface area contributed by atoms with Crippen LogP contribution >= 0.6 is 0 Å². The van der Waals surface area contributed by atoms with Gasteiger partial charge in [-0.15, -0.1) is 0 Å². The second kappa shape index (κ2) is 3.48. The minimum atomic E-state index is -0.334. The predicted molar refractivity (Wildman–Crippen MR) is 63.6 cm³/mol. The molecule has 0 radical (unpaired) electrons. The van der Waals surface area contributed by atoms with E-state index in [4.69, 9.17) is 0 Å². The number of hydrogen-bond acceptors (Lipinski definition) is 1. The first-order chi connectivity index (χ1) is 6.85. The first-order valence-corrected chi connectivity index (χ1v) is 6.58. The van der Waals surface area contributed by atoms with Crippen LogP contribution in [0.5, 0.6) is 0 Å². The highest BCUT2D eigenvalue weighted by atomic mass is 16.3. The molecule has 15 heavy (non-hydrogen) atoms. The van der Waals surface area contributed by atoms with Crippen LogP contribution in [0.25, 0.3) is 0 Å². The molecule has 88 valence electrons. The van der Waals surface area contributed by atoms with Crippen molar-refractivity contribution in [1.29, 1.82) is 0 Å². The summed E-state index contributed by atoms with van der Waals surface area (Å²) in [7, 11) is 0. The zero-order valence-corrected chi connectivity index (χ0v) is 10.7. The Balaban J connectivity index is 2.28. The van der Waals surface area contributed by atoms with Gasteiger partial charge < -0.3 is 5.11 Å². The molecule has 1 heteroatoms. The van der Waals surface area contributed by atoms with E-state index in [2.05, 4.69) is 27.7 Å². The highest BCUT2D eigenvalue weighted by molar-refractivity contribution is 5.03. The highest BCUT2D eigenvalue weighted by Gasteiger charge is 2.52. The van der Waals surface area contributed by atoms with Crippen LogP contribution in [-0.2, 0) is 0 Å². The van der Waals surface area contributed by atoms with Crippen LogP contribution in [0.3, 0.4) is 0 Å². The van der Waals surface area contributed by atoms with E-state index in [1.165, 1.54) is 12.8 Å². The van der Waals surface area contributed by atoms with Crippen LogP contribution in [0.4, 0.5) is 0 Å². The van der Waals surface area contributed by atoms with Crippen LogP contribution in [0.15, 0.2) is 0 Å². The van der Waals surface area contributed by atoms with Crippen LogP contribution in [0, 0.1) is 23.2 Å². The maximum absolute atomic E-state index is 10.7. The molecule has 0 saturated heterocycles. The largest absolute Gasteiger partial charge is 0.390 e. The van der Waals surface area contributed by atoms with E-state index in [9.17, 15) is 5.11 Å². The average molecular weight is 210 g/mol. The Hall–Kier alpha value is -0.0400. The summed E-state index contributed by atoms with van der Waals surface area (Å²) in [6, 6.07) is 0. The van der Waals surface area contributed by atoms with Crippen molar-refractivity contribution in [2.24, 2.45) is 23.2 Å². The summed E-state index contributed by atoms with van der Waals surface area (Å²) < 4.78 is 0. The Bertz CT molecular complexity index is 230. The lowest BCUT2D eigenvalue weighted by molar-refractivity contribution is -0.135. The van der Waals surface area contributed by atoms with Gasteiger partial charge in [-0.3, -0.25) is 0 Å². The van der Waals surface area contributed by atoms with Crippen LogP contribution in [0.2, 0.25) is 0 Å². The second-order valence-corrected chi connectivity index (χ2v) is 6.95. The molecule has 1 N–H and O–H groups in total. The Labute approximate surface area is 94.3 Å². The molecule has 0 spiro atoms. The Morgan fingerprint density at radius 1 is 1.00 bits per heavy atom. The van der Waals surface area contributed by atoms with Crippen molar-refractivity contribution in [2.45, 2.75) is 65.4 Å². The minimum Gasteiger partial charge on any atom is -0.390 e. The van der Waals surface area contributed by atoms with Crippen LogP contribution in [0.1, 0.15) is 59.8 Å². The number of hydrogen-bond donors (Lipinski definition) is 1. The summed E-state index contributed by atoms with van der Waals surface area (Å²) in [5.41, 5.74) is 0.101. The lowest BCUT2D eigenvalue weighted by Gasteiger charge is -2.56. The summed E-state index contributed by atoms with van der Waals surface area (Å²) >= 11 is 0. The zero-order valence-electron chi connectivity index (χ0n) is 10.7. The molecule has 2 fully saturated rings. The Kier molecular flexibility index (Phi) is 2.65. The van der Waals surface area contributed by atoms with E-state index < -0.39 is 0 Å². The van der Waals surface area contributed by atoms with Gasteiger partial charge in [0.2, 0.25) is 0 Å². The van der Waals surface area contributed by atoms with E-state index >= 15 is 0 Å². The molecule has 0 aromatic carbocycles. The molecule has 0 aliphatic heterocycles. The monoisotopic (exact) mass is 210 g/mol. The minimum absolute atomic E-state index is 0.334. The third kappa shape index (κ3) is 1.95. The lowest BCUT2D eigenvalue weighted by Crippen LogP contribution is -2.52. The molecular formula is C14H26O. The van der Waals surface area contributed by atoms with Crippen molar-refractivity contribution < 1.29 is 5.11 Å². The van der Waals surface area contributed by atoms with Gasteiger partial charge in [0, 0.05) is 0 Å². The normalized spacial score (nSPS) is 50.8. The number of aliphatic hydroxyl groups is 1. The summed E-state index contributed by atoms with van der Waals surface area (Å²) in [6.07, 6.45) is 5.79. The van der Waals surface area contributed by atoms with Crippen LogP contribution in [-0.4, -0.2) is 10.7 Å². The highest BCUT2D eigenvalue weighted by Crippen LogP contribution is 2.57. The quantitative estimate of drug-likeness (QED) is 0.701. The summed E-state index contributed by atoms with van der Waals surface area (Å²) in [5.74, 6) is 2.13. The van der Waals surface area contributed by atoms with Gasteiger partial charge in [-0.1, -0.05) is 27.7 Å². The first-order valence-electron chi connectivity index (χ1n) is 6.58.